The maximum absolute atomic E-state index is 9.83. The Balaban J connectivity index is 2.53. The fourth-order valence-electron chi connectivity index (χ4n) is 0.692. The molecule has 1 aromatic rings. The monoisotopic (exact) mass is 186 g/mol. The van der Waals surface area contributed by atoms with E-state index in [-0.39, 0.29) is 12.0 Å². The van der Waals surface area contributed by atoms with Crippen LogP contribution in [0.3, 0.4) is 0 Å². The first kappa shape index (κ1) is 8.93. The van der Waals surface area contributed by atoms with Gasteiger partial charge in [0.1, 0.15) is 12.9 Å². The van der Waals surface area contributed by atoms with Crippen LogP contribution < -0.4 is 0 Å². The first-order valence-corrected chi connectivity index (χ1v) is 3.72. The van der Waals surface area contributed by atoms with E-state index in [1.54, 1.807) is 12.4 Å². The van der Waals surface area contributed by atoms with E-state index >= 15 is 0 Å². The summed E-state index contributed by atoms with van der Waals surface area (Å²) in [5, 5.41) is -0.378. The number of hydrogen-bond acceptors (Lipinski definition) is 4. The summed E-state index contributed by atoms with van der Waals surface area (Å²) >= 11 is 5.82. The number of hydrogen-bond donors (Lipinski definition) is 0. The van der Waals surface area contributed by atoms with Gasteiger partial charge in [-0.15, -0.1) is 11.6 Å². The summed E-state index contributed by atoms with van der Waals surface area (Å²) < 4.78 is 4.48. The molecule has 0 amide bonds. The zero-order chi connectivity index (χ0) is 8.81. The van der Waals surface area contributed by atoms with Crippen molar-refractivity contribution in [3.63, 3.8) is 0 Å². The highest BCUT2D eigenvalue weighted by atomic mass is 35.5. The second-order valence-electron chi connectivity index (χ2n) is 2.07. The van der Waals surface area contributed by atoms with Gasteiger partial charge in [0, 0.05) is 18.0 Å². The standard InChI is InChI=1S/C7H7ClN2O2/c8-7(3-12-5-11)6-1-9-4-10-2-6/h1-2,4-5,7H,3H2. The molecule has 0 aromatic carbocycles. The Bertz CT molecular complexity index is 242. The van der Waals surface area contributed by atoms with Crippen LogP contribution in [0.25, 0.3) is 0 Å². The van der Waals surface area contributed by atoms with E-state index in [1.807, 2.05) is 0 Å². The minimum Gasteiger partial charge on any atom is -0.466 e. The third kappa shape index (κ3) is 2.47. The van der Waals surface area contributed by atoms with Crippen molar-refractivity contribution in [3.8, 4) is 0 Å². The molecule has 0 aliphatic rings. The van der Waals surface area contributed by atoms with Crippen molar-refractivity contribution in [2.45, 2.75) is 5.38 Å². The van der Waals surface area contributed by atoms with E-state index in [1.165, 1.54) is 6.33 Å². The number of halogens is 1. The van der Waals surface area contributed by atoms with E-state index in [0.29, 0.717) is 6.47 Å². The molecule has 0 spiro atoms. The summed E-state index contributed by atoms with van der Waals surface area (Å²) in [7, 11) is 0. The van der Waals surface area contributed by atoms with Gasteiger partial charge in [0.05, 0.1) is 5.38 Å². The molecule has 0 fully saturated rings. The molecular formula is C7H7ClN2O2. The van der Waals surface area contributed by atoms with E-state index < -0.39 is 0 Å². The minimum atomic E-state index is -0.378. The number of rotatable bonds is 4. The van der Waals surface area contributed by atoms with Crippen LogP contribution in [0.5, 0.6) is 0 Å². The first-order valence-electron chi connectivity index (χ1n) is 3.29. The van der Waals surface area contributed by atoms with E-state index in [0.717, 1.165) is 5.56 Å². The van der Waals surface area contributed by atoms with Crippen molar-refractivity contribution in [1.82, 2.24) is 9.97 Å². The minimum absolute atomic E-state index is 0.137. The summed E-state index contributed by atoms with van der Waals surface area (Å²) in [6, 6.07) is 0. The predicted octanol–water partition coefficient (Wildman–Crippen LogP) is 0.929. The second-order valence-corrected chi connectivity index (χ2v) is 2.60. The van der Waals surface area contributed by atoms with Crippen LogP contribution in [0, 0.1) is 0 Å². The van der Waals surface area contributed by atoms with Crippen LogP contribution in [-0.2, 0) is 9.53 Å². The summed E-state index contributed by atoms with van der Waals surface area (Å²) in [5.41, 5.74) is 0.737. The predicted molar refractivity (Wildman–Crippen MR) is 42.6 cm³/mol. The molecule has 0 radical (unpaired) electrons. The average molecular weight is 187 g/mol. The molecule has 1 atom stereocenters. The summed E-state index contributed by atoms with van der Waals surface area (Å²) in [6.07, 6.45) is 4.57. The lowest BCUT2D eigenvalue weighted by Crippen LogP contribution is -2.01. The molecule has 0 bridgehead atoms. The first-order chi connectivity index (χ1) is 5.84. The number of alkyl halides is 1. The van der Waals surface area contributed by atoms with Crippen molar-refractivity contribution in [1.29, 1.82) is 0 Å². The summed E-state index contributed by atoms with van der Waals surface area (Å²) in [4.78, 5) is 17.4. The third-order valence-corrected chi connectivity index (χ3v) is 1.63. The normalized spacial score (nSPS) is 12.1. The highest BCUT2D eigenvalue weighted by Crippen LogP contribution is 2.17. The van der Waals surface area contributed by atoms with E-state index in [4.69, 9.17) is 11.6 Å². The summed E-state index contributed by atoms with van der Waals surface area (Å²) in [5.74, 6) is 0. The summed E-state index contributed by atoms with van der Waals surface area (Å²) in [6.45, 7) is 0.498. The molecule has 0 saturated heterocycles. The molecule has 0 saturated carbocycles. The molecule has 5 heteroatoms. The van der Waals surface area contributed by atoms with Crippen molar-refractivity contribution >= 4 is 18.1 Å². The second kappa shape index (κ2) is 4.66. The quantitative estimate of drug-likeness (QED) is 0.519. The maximum atomic E-state index is 9.83. The van der Waals surface area contributed by atoms with Crippen LogP contribution >= 0.6 is 11.6 Å². The van der Waals surface area contributed by atoms with Gasteiger partial charge in [0.25, 0.3) is 6.47 Å². The number of ether oxygens (including phenoxy) is 1. The average Bonchev–Trinajstić information content (AvgIpc) is 2.15. The van der Waals surface area contributed by atoms with Gasteiger partial charge < -0.3 is 4.74 Å². The lowest BCUT2D eigenvalue weighted by molar-refractivity contribution is -0.128. The Kier molecular flexibility index (Phi) is 3.47. The molecule has 12 heavy (non-hydrogen) atoms. The molecule has 1 heterocycles. The van der Waals surface area contributed by atoms with E-state index in [2.05, 4.69) is 14.7 Å². The van der Waals surface area contributed by atoms with Crippen molar-refractivity contribution in [2.75, 3.05) is 6.61 Å². The zero-order valence-electron chi connectivity index (χ0n) is 6.18. The SMILES string of the molecule is O=COCC(Cl)c1cncnc1. The van der Waals surface area contributed by atoms with Gasteiger partial charge in [-0.2, -0.15) is 0 Å². The number of carbonyl (C=O) groups is 1. The Hall–Kier alpha value is -1.16. The number of carbonyl (C=O) groups excluding carboxylic acids is 1. The van der Waals surface area contributed by atoms with Crippen LogP contribution in [-0.4, -0.2) is 23.0 Å². The fourth-order valence-corrected chi connectivity index (χ4v) is 0.878. The molecule has 0 N–H and O–H groups in total. The Morgan fingerprint density at radius 3 is 2.83 bits per heavy atom. The smallest absolute Gasteiger partial charge is 0.293 e. The number of nitrogens with zero attached hydrogens (tertiary/aromatic N) is 2. The van der Waals surface area contributed by atoms with Crippen molar-refractivity contribution in [2.24, 2.45) is 0 Å². The Labute approximate surface area is 74.5 Å². The maximum Gasteiger partial charge on any atom is 0.293 e. The van der Waals surface area contributed by atoms with Crippen LogP contribution in [0.1, 0.15) is 10.9 Å². The molecule has 64 valence electrons. The highest BCUT2D eigenvalue weighted by molar-refractivity contribution is 6.20. The Morgan fingerprint density at radius 2 is 2.25 bits per heavy atom. The Morgan fingerprint density at radius 1 is 1.58 bits per heavy atom. The topological polar surface area (TPSA) is 52.1 Å². The van der Waals surface area contributed by atoms with Gasteiger partial charge in [0.15, 0.2) is 0 Å². The van der Waals surface area contributed by atoms with Crippen molar-refractivity contribution < 1.29 is 9.53 Å². The fraction of sp³-hybridized carbons (Fsp3) is 0.286. The van der Waals surface area contributed by atoms with Gasteiger partial charge in [-0.3, -0.25) is 4.79 Å². The molecule has 0 aliphatic carbocycles. The number of aromatic nitrogens is 2. The molecular weight excluding hydrogens is 180 g/mol. The molecule has 1 unspecified atom stereocenters. The molecule has 4 nitrogen and oxygen atoms in total. The largest absolute Gasteiger partial charge is 0.466 e. The van der Waals surface area contributed by atoms with Crippen LogP contribution in [0.15, 0.2) is 18.7 Å². The zero-order valence-corrected chi connectivity index (χ0v) is 6.94. The van der Waals surface area contributed by atoms with Crippen LogP contribution in [0.4, 0.5) is 0 Å². The van der Waals surface area contributed by atoms with Gasteiger partial charge in [-0.1, -0.05) is 0 Å². The molecule has 1 rings (SSSR count). The molecule has 1 aromatic heterocycles. The lowest BCUT2D eigenvalue weighted by Gasteiger charge is -2.05. The third-order valence-electron chi connectivity index (χ3n) is 1.25. The van der Waals surface area contributed by atoms with Crippen LogP contribution in [0.2, 0.25) is 0 Å². The highest BCUT2D eigenvalue weighted by Gasteiger charge is 2.07. The van der Waals surface area contributed by atoms with Gasteiger partial charge in [0.2, 0.25) is 0 Å². The van der Waals surface area contributed by atoms with Gasteiger partial charge >= 0.3 is 0 Å². The lowest BCUT2D eigenvalue weighted by atomic mass is 10.2. The van der Waals surface area contributed by atoms with E-state index in [9.17, 15) is 4.79 Å². The van der Waals surface area contributed by atoms with Crippen molar-refractivity contribution in [3.05, 3.63) is 24.3 Å². The van der Waals surface area contributed by atoms with Gasteiger partial charge in [-0.25, -0.2) is 9.97 Å². The molecule has 0 aliphatic heterocycles. The van der Waals surface area contributed by atoms with Gasteiger partial charge in [-0.05, 0) is 0 Å².